The van der Waals surface area contributed by atoms with Crippen LogP contribution in [0.25, 0.3) is 5.69 Å². The maximum Gasteiger partial charge on any atom is 0.434 e. The second-order valence-corrected chi connectivity index (χ2v) is 6.15. The number of hydrogen-bond donors (Lipinski definition) is 2. The maximum absolute atomic E-state index is 13.6. The highest BCUT2D eigenvalue weighted by molar-refractivity contribution is 5.95. The van der Waals surface area contributed by atoms with Crippen molar-refractivity contribution in [3.05, 3.63) is 47.3 Å². The molecule has 2 heterocycles. The monoisotopic (exact) mass is 352 g/mol. The number of nitrogens with zero attached hydrogens (tertiary/aromatic N) is 2. The van der Waals surface area contributed by atoms with Crippen molar-refractivity contribution in [3.63, 3.8) is 0 Å². The molecule has 1 aromatic heterocycles. The molecule has 0 unspecified atom stereocenters. The lowest BCUT2D eigenvalue weighted by Gasteiger charge is -2.23. The predicted octanol–water partition coefficient (Wildman–Crippen LogP) is 2.68. The number of rotatable bonds is 3. The molecule has 0 spiro atoms. The Morgan fingerprint density at radius 1 is 1.24 bits per heavy atom. The molecule has 25 heavy (non-hydrogen) atoms. The average molecular weight is 352 g/mol. The first-order valence-corrected chi connectivity index (χ1v) is 8.10. The van der Waals surface area contributed by atoms with Gasteiger partial charge in [0.15, 0.2) is 5.69 Å². The first-order chi connectivity index (χ1) is 11.9. The summed E-state index contributed by atoms with van der Waals surface area (Å²) in [5, 5.41) is 9.66. The second-order valence-electron chi connectivity index (χ2n) is 6.15. The van der Waals surface area contributed by atoms with E-state index in [-0.39, 0.29) is 11.7 Å². The lowest BCUT2D eigenvalue weighted by Crippen LogP contribution is -2.43. The van der Waals surface area contributed by atoms with Crippen LogP contribution in [0.5, 0.6) is 0 Å². The van der Waals surface area contributed by atoms with Crippen molar-refractivity contribution < 1.29 is 18.0 Å². The van der Waals surface area contributed by atoms with Crippen LogP contribution in [0.1, 0.15) is 34.5 Å². The van der Waals surface area contributed by atoms with Crippen molar-refractivity contribution in [1.29, 1.82) is 0 Å². The summed E-state index contributed by atoms with van der Waals surface area (Å²) < 4.78 is 41.6. The van der Waals surface area contributed by atoms with E-state index in [9.17, 15) is 18.0 Å². The van der Waals surface area contributed by atoms with E-state index in [4.69, 9.17) is 0 Å². The van der Waals surface area contributed by atoms with Crippen LogP contribution in [-0.2, 0) is 6.18 Å². The fraction of sp³-hybridized carbons (Fsp3) is 0.412. The molecule has 0 aliphatic carbocycles. The zero-order valence-corrected chi connectivity index (χ0v) is 13.7. The van der Waals surface area contributed by atoms with Gasteiger partial charge in [-0.25, -0.2) is 4.68 Å². The van der Waals surface area contributed by atoms with E-state index in [0.717, 1.165) is 29.5 Å². The fourth-order valence-electron chi connectivity index (χ4n) is 2.90. The molecule has 2 aromatic rings. The summed E-state index contributed by atoms with van der Waals surface area (Å²) in [7, 11) is 0. The average Bonchev–Trinajstić information content (AvgIpc) is 3.02. The second kappa shape index (κ2) is 6.87. The van der Waals surface area contributed by atoms with Gasteiger partial charge in [-0.05, 0) is 45.0 Å². The van der Waals surface area contributed by atoms with E-state index in [2.05, 4.69) is 15.7 Å². The quantitative estimate of drug-likeness (QED) is 0.893. The number of hydrogen-bond acceptors (Lipinski definition) is 3. The molecule has 1 aliphatic heterocycles. The molecular weight excluding hydrogens is 333 g/mol. The van der Waals surface area contributed by atoms with Gasteiger partial charge < -0.3 is 10.6 Å². The number of carbonyl (C=O) groups is 1. The highest BCUT2D eigenvalue weighted by Crippen LogP contribution is 2.33. The normalized spacial score (nSPS) is 16.0. The van der Waals surface area contributed by atoms with Gasteiger partial charge in [0.05, 0.1) is 17.4 Å². The topological polar surface area (TPSA) is 59.0 Å². The highest BCUT2D eigenvalue weighted by Gasteiger charge is 2.40. The van der Waals surface area contributed by atoms with Crippen molar-refractivity contribution in [3.8, 4) is 5.69 Å². The smallest absolute Gasteiger partial charge is 0.349 e. The van der Waals surface area contributed by atoms with Crippen molar-refractivity contribution in [1.82, 2.24) is 20.4 Å². The Hall–Kier alpha value is -2.35. The third-order valence-electron chi connectivity index (χ3n) is 4.24. The Bertz CT molecular complexity index is 746. The van der Waals surface area contributed by atoms with Gasteiger partial charge >= 0.3 is 6.18 Å². The van der Waals surface area contributed by atoms with Crippen LogP contribution in [-0.4, -0.2) is 34.8 Å². The van der Waals surface area contributed by atoms with Crippen LogP contribution < -0.4 is 10.6 Å². The van der Waals surface area contributed by atoms with Gasteiger partial charge in [0.25, 0.3) is 5.91 Å². The molecule has 1 aliphatic rings. The zero-order chi connectivity index (χ0) is 18.0. The molecular formula is C17H19F3N4O. The van der Waals surface area contributed by atoms with Crippen molar-refractivity contribution in [2.45, 2.75) is 32.0 Å². The summed E-state index contributed by atoms with van der Waals surface area (Å²) in [6, 6.07) is 6.37. The van der Waals surface area contributed by atoms with Gasteiger partial charge in [-0.1, -0.05) is 17.7 Å². The summed E-state index contributed by atoms with van der Waals surface area (Å²) >= 11 is 0. The molecule has 8 heteroatoms. The van der Waals surface area contributed by atoms with E-state index in [0.29, 0.717) is 12.8 Å². The van der Waals surface area contributed by atoms with Crippen LogP contribution in [0.2, 0.25) is 0 Å². The van der Waals surface area contributed by atoms with E-state index in [1.54, 1.807) is 24.3 Å². The Morgan fingerprint density at radius 2 is 1.88 bits per heavy atom. The first-order valence-electron chi connectivity index (χ1n) is 8.10. The predicted molar refractivity (Wildman–Crippen MR) is 86.7 cm³/mol. The van der Waals surface area contributed by atoms with Crippen LogP contribution in [0.4, 0.5) is 13.2 Å². The number of aryl methyl sites for hydroxylation is 1. The molecule has 134 valence electrons. The SMILES string of the molecule is Cc1ccc(-n2ncc(C(=O)NC3CCNCC3)c2C(F)(F)F)cc1. The number of piperidine rings is 1. The molecule has 1 aromatic carbocycles. The summed E-state index contributed by atoms with van der Waals surface area (Å²) in [6.45, 7) is 3.31. The zero-order valence-electron chi connectivity index (χ0n) is 13.7. The van der Waals surface area contributed by atoms with Crippen molar-refractivity contribution in [2.75, 3.05) is 13.1 Å². The molecule has 1 fully saturated rings. The van der Waals surface area contributed by atoms with E-state index in [1.165, 1.54) is 0 Å². The lowest BCUT2D eigenvalue weighted by molar-refractivity contribution is -0.143. The van der Waals surface area contributed by atoms with Gasteiger partial charge in [0, 0.05) is 6.04 Å². The summed E-state index contributed by atoms with van der Waals surface area (Å²) in [6.07, 6.45) is -2.32. The molecule has 0 bridgehead atoms. The number of aromatic nitrogens is 2. The first kappa shape index (κ1) is 17.5. The summed E-state index contributed by atoms with van der Waals surface area (Å²) in [5.41, 5.74) is -0.318. The minimum absolute atomic E-state index is 0.127. The Morgan fingerprint density at radius 3 is 2.48 bits per heavy atom. The van der Waals surface area contributed by atoms with Gasteiger partial charge in [0.1, 0.15) is 0 Å². The van der Waals surface area contributed by atoms with E-state index >= 15 is 0 Å². The molecule has 1 amide bonds. The largest absolute Gasteiger partial charge is 0.434 e. The van der Waals surface area contributed by atoms with Crippen LogP contribution in [0.3, 0.4) is 0 Å². The molecule has 0 atom stereocenters. The number of alkyl halides is 3. The van der Waals surface area contributed by atoms with Crippen LogP contribution in [0.15, 0.2) is 30.5 Å². The number of halogens is 3. The van der Waals surface area contributed by atoms with E-state index in [1.807, 2.05) is 6.92 Å². The molecule has 2 N–H and O–H groups in total. The maximum atomic E-state index is 13.6. The number of nitrogens with one attached hydrogen (secondary N) is 2. The van der Waals surface area contributed by atoms with Crippen molar-refractivity contribution >= 4 is 5.91 Å². The molecule has 0 radical (unpaired) electrons. The molecule has 3 rings (SSSR count). The van der Waals surface area contributed by atoms with E-state index < -0.39 is 23.3 Å². The standard InChI is InChI=1S/C17H19F3N4O/c1-11-2-4-13(5-3-11)24-15(17(18,19)20)14(10-22-24)16(25)23-12-6-8-21-9-7-12/h2-5,10,12,21H,6-9H2,1H3,(H,23,25). The third kappa shape index (κ3) is 3.84. The van der Waals surface area contributed by atoms with Gasteiger partial charge in [-0.3, -0.25) is 4.79 Å². The molecule has 0 saturated carbocycles. The Labute approximate surface area is 143 Å². The fourth-order valence-corrected chi connectivity index (χ4v) is 2.90. The van der Waals surface area contributed by atoms with Gasteiger partial charge in [-0.15, -0.1) is 0 Å². The summed E-state index contributed by atoms with van der Waals surface area (Å²) in [5.74, 6) is -0.738. The lowest BCUT2D eigenvalue weighted by atomic mass is 10.1. The van der Waals surface area contributed by atoms with Crippen molar-refractivity contribution in [2.24, 2.45) is 0 Å². The number of amides is 1. The van der Waals surface area contributed by atoms with Crippen LogP contribution >= 0.6 is 0 Å². The highest BCUT2D eigenvalue weighted by atomic mass is 19.4. The van der Waals surface area contributed by atoms with Gasteiger partial charge in [0.2, 0.25) is 0 Å². The van der Waals surface area contributed by atoms with Crippen LogP contribution in [0, 0.1) is 6.92 Å². The minimum atomic E-state index is -4.69. The Balaban J connectivity index is 1.94. The number of carbonyl (C=O) groups excluding carboxylic acids is 1. The molecule has 1 saturated heterocycles. The Kier molecular flexibility index (Phi) is 4.80. The number of benzene rings is 1. The minimum Gasteiger partial charge on any atom is -0.349 e. The summed E-state index contributed by atoms with van der Waals surface area (Å²) in [4.78, 5) is 12.4. The third-order valence-corrected chi connectivity index (χ3v) is 4.24. The molecule has 5 nitrogen and oxygen atoms in total. The van der Waals surface area contributed by atoms with Gasteiger partial charge in [-0.2, -0.15) is 18.3 Å².